The van der Waals surface area contributed by atoms with E-state index in [0.29, 0.717) is 30.0 Å². The molecule has 0 bridgehead atoms. The first-order chi connectivity index (χ1) is 20.0. The van der Waals surface area contributed by atoms with Crippen molar-refractivity contribution in [2.24, 2.45) is 0 Å². The molecule has 0 spiro atoms. The molecule has 1 atom stereocenters. The number of anilines is 1. The highest BCUT2D eigenvalue weighted by atomic mass is 31.2. The van der Waals surface area contributed by atoms with Gasteiger partial charge in [0, 0.05) is 39.3 Å². The molecule has 0 saturated heterocycles. The predicted molar refractivity (Wildman–Crippen MR) is 149 cm³/mol. The number of phosphoric acid groups is 1. The maximum Gasteiger partial charge on any atom is 0.474 e. The van der Waals surface area contributed by atoms with Crippen LogP contribution in [-0.2, 0) is 34.1 Å². The highest BCUT2D eigenvalue weighted by Crippen LogP contribution is 2.47. The summed E-state index contributed by atoms with van der Waals surface area (Å²) < 4.78 is 73.2. The van der Waals surface area contributed by atoms with E-state index in [0.717, 1.165) is 6.07 Å². The Morgan fingerprint density at radius 3 is 2.55 bits per heavy atom. The number of halogens is 3. The Hall–Kier alpha value is -3.51. The van der Waals surface area contributed by atoms with Gasteiger partial charge in [-0.1, -0.05) is 12.1 Å². The molecule has 0 saturated carbocycles. The minimum atomic E-state index is -3.63. The molecule has 2 amide bonds. The average Bonchev–Trinajstić information content (AvgIpc) is 2.98. The molecule has 2 aromatic carbocycles. The Labute approximate surface area is 241 Å². The number of hydrogen-bond donors (Lipinski definition) is 1. The molecule has 0 fully saturated rings. The average molecular weight is 612 g/mol. The van der Waals surface area contributed by atoms with E-state index in [4.69, 9.17) is 18.3 Å². The van der Waals surface area contributed by atoms with Gasteiger partial charge < -0.3 is 9.64 Å². The number of phosphoric ester groups is 1. The Morgan fingerprint density at radius 2 is 1.81 bits per heavy atom. The quantitative estimate of drug-likeness (QED) is 0.158. The van der Waals surface area contributed by atoms with Crippen LogP contribution in [0.25, 0.3) is 10.8 Å². The molecule has 1 N–H and O–H groups in total. The summed E-state index contributed by atoms with van der Waals surface area (Å²) in [7, 11) is 0.293. The van der Waals surface area contributed by atoms with E-state index in [-0.39, 0.29) is 43.3 Å². The van der Waals surface area contributed by atoms with Crippen LogP contribution in [-0.4, -0.2) is 62.4 Å². The number of carbonyl (C=O) groups is 2. The molecule has 14 heteroatoms. The van der Waals surface area contributed by atoms with Crippen LogP contribution in [0.3, 0.4) is 0 Å². The zero-order valence-electron chi connectivity index (χ0n) is 23.5. The van der Waals surface area contributed by atoms with E-state index in [2.05, 4.69) is 10.3 Å². The number of nitrogens with one attached hydrogen (secondary N) is 1. The van der Waals surface area contributed by atoms with E-state index in [1.165, 1.54) is 62.7 Å². The predicted octanol–water partition coefficient (Wildman–Crippen LogP) is 6.25. The Morgan fingerprint density at radius 1 is 1.05 bits per heavy atom. The molecule has 0 aliphatic carbocycles. The molecule has 0 unspecified atom stereocenters. The number of aromatic nitrogens is 1. The highest BCUT2D eigenvalue weighted by Gasteiger charge is 2.24. The van der Waals surface area contributed by atoms with Gasteiger partial charge in [0.25, 0.3) is 0 Å². The third-order valence-electron chi connectivity index (χ3n) is 6.53. The summed E-state index contributed by atoms with van der Waals surface area (Å²) in [5, 5.41) is 3.71. The molecule has 0 aliphatic heterocycles. The van der Waals surface area contributed by atoms with Crippen molar-refractivity contribution in [1.29, 1.82) is 0 Å². The van der Waals surface area contributed by atoms with Crippen molar-refractivity contribution in [3.63, 3.8) is 0 Å². The largest absolute Gasteiger partial charge is 0.474 e. The number of hydrogen-bond acceptors (Lipinski definition) is 8. The molecule has 3 rings (SSSR count). The first-order valence-electron chi connectivity index (χ1n) is 13.1. The van der Waals surface area contributed by atoms with Gasteiger partial charge in [-0.05, 0) is 67.0 Å². The molecule has 0 radical (unpaired) electrons. The fourth-order valence-corrected chi connectivity index (χ4v) is 4.80. The SMILES string of the molecule is COP(=O)(OC)OCCCC[C@@H](COC(=O)Nc1cc2cc(F)ccc2cn1)N(C)C(=O)CCc1cccc(F)c1F. The van der Waals surface area contributed by atoms with Gasteiger partial charge in [0.2, 0.25) is 5.91 Å². The van der Waals surface area contributed by atoms with Crippen molar-refractivity contribution >= 4 is 36.4 Å². The first-order valence-corrected chi connectivity index (χ1v) is 14.5. The third-order valence-corrected chi connectivity index (χ3v) is 7.92. The zero-order valence-corrected chi connectivity index (χ0v) is 24.4. The monoisotopic (exact) mass is 611 g/mol. The van der Waals surface area contributed by atoms with E-state index in [1.807, 2.05) is 0 Å². The maximum absolute atomic E-state index is 14.0. The number of nitrogens with zero attached hydrogens (tertiary/aromatic N) is 2. The van der Waals surface area contributed by atoms with E-state index in [1.54, 1.807) is 6.07 Å². The van der Waals surface area contributed by atoms with Crippen molar-refractivity contribution in [3.05, 3.63) is 71.7 Å². The van der Waals surface area contributed by atoms with Gasteiger partial charge in [-0.3, -0.25) is 23.7 Å². The Kier molecular flexibility index (Phi) is 12.3. The van der Waals surface area contributed by atoms with Crippen LogP contribution in [0, 0.1) is 17.5 Å². The van der Waals surface area contributed by atoms with Gasteiger partial charge in [0.1, 0.15) is 18.2 Å². The van der Waals surface area contributed by atoms with Gasteiger partial charge in [0.05, 0.1) is 12.6 Å². The van der Waals surface area contributed by atoms with Crippen LogP contribution in [0.5, 0.6) is 0 Å². The lowest BCUT2D eigenvalue weighted by atomic mass is 10.1. The summed E-state index contributed by atoms with van der Waals surface area (Å²) in [6.45, 7) is -0.141. The van der Waals surface area contributed by atoms with Crippen molar-refractivity contribution in [1.82, 2.24) is 9.88 Å². The number of likely N-dealkylation sites (N-methyl/N-ethyl adjacent to an activating group) is 1. The second kappa shape index (κ2) is 15.6. The van der Waals surface area contributed by atoms with Crippen molar-refractivity contribution in [3.8, 4) is 0 Å². The standard InChI is InChI=1S/C28H33F3N3O7P/c1-34(26(35)13-11-19-7-6-9-24(30)27(19)31)23(8-4-5-14-41-42(37,38-2)39-3)18-40-28(36)33-25-16-21-15-22(29)12-10-20(21)17-32-25/h6-7,9-10,12,15-17,23H,4-5,8,11,13-14,18H2,1-3H3,(H,32,33,36)/t23-/m0/s1. The van der Waals surface area contributed by atoms with Gasteiger partial charge in [-0.2, -0.15) is 0 Å². The number of fused-ring (bicyclic) bond motifs is 1. The van der Waals surface area contributed by atoms with Gasteiger partial charge in [-0.15, -0.1) is 0 Å². The number of pyridine rings is 1. The molecule has 0 aliphatic rings. The van der Waals surface area contributed by atoms with E-state index in [9.17, 15) is 27.3 Å². The van der Waals surface area contributed by atoms with Crippen molar-refractivity contribution < 1.29 is 45.6 Å². The molecule has 228 valence electrons. The summed E-state index contributed by atoms with van der Waals surface area (Å²) in [4.78, 5) is 31.0. The van der Waals surface area contributed by atoms with Crippen molar-refractivity contribution in [2.45, 2.75) is 38.1 Å². The summed E-state index contributed by atoms with van der Waals surface area (Å²) in [6.07, 6.45) is 1.79. The first kappa shape index (κ1) is 33.0. The zero-order chi connectivity index (χ0) is 30.7. The Balaban J connectivity index is 1.60. The summed E-state index contributed by atoms with van der Waals surface area (Å²) >= 11 is 0. The molecule has 1 aromatic heterocycles. The second-order valence-corrected chi connectivity index (χ2v) is 11.2. The van der Waals surface area contributed by atoms with E-state index >= 15 is 0 Å². The van der Waals surface area contributed by atoms with Crippen LogP contribution in [0.4, 0.5) is 23.8 Å². The van der Waals surface area contributed by atoms with Gasteiger partial charge in [-0.25, -0.2) is 27.5 Å². The maximum atomic E-state index is 14.0. The molecule has 10 nitrogen and oxygen atoms in total. The van der Waals surface area contributed by atoms with Crippen molar-refractivity contribution in [2.75, 3.05) is 39.8 Å². The van der Waals surface area contributed by atoms with E-state index < -0.39 is 37.4 Å². The van der Waals surface area contributed by atoms with Gasteiger partial charge >= 0.3 is 13.9 Å². The smallest absolute Gasteiger partial charge is 0.447 e. The van der Waals surface area contributed by atoms with Crippen LogP contribution >= 0.6 is 7.82 Å². The van der Waals surface area contributed by atoms with Crippen LogP contribution < -0.4 is 5.32 Å². The normalized spacial score (nSPS) is 12.2. The number of benzene rings is 2. The molecular weight excluding hydrogens is 578 g/mol. The van der Waals surface area contributed by atoms with Crippen LogP contribution in [0.2, 0.25) is 0 Å². The third kappa shape index (κ3) is 9.52. The number of rotatable bonds is 15. The van der Waals surface area contributed by atoms with Crippen LogP contribution in [0.1, 0.15) is 31.2 Å². The Bertz CT molecular complexity index is 1420. The number of aryl methyl sites for hydroxylation is 1. The lowest BCUT2D eigenvalue weighted by molar-refractivity contribution is -0.133. The number of ether oxygens (including phenoxy) is 1. The number of amides is 2. The molecule has 3 aromatic rings. The molecule has 1 heterocycles. The summed E-state index contributed by atoms with van der Waals surface area (Å²) in [5.41, 5.74) is 0.0737. The lowest BCUT2D eigenvalue weighted by Gasteiger charge is -2.28. The topological polar surface area (TPSA) is 116 Å². The second-order valence-electron chi connectivity index (χ2n) is 9.30. The fourth-order valence-electron chi connectivity index (χ4n) is 4.08. The minimum absolute atomic E-state index is 0.0216. The highest BCUT2D eigenvalue weighted by molar-refractivity contribution is 7.48. The molecular formula is C28H33F3N3O7P. The number of carbonyl (C=O) groups excluding carboxylic acids is 2. The van der Waals surface area contributed by atoms with Crippen LogP contribution in [0.15, 0.2) is 48.7 Å². The summed E-state index contributed by atoms with van der Waals surface area (Å²) in [6, 6.07) is 8.86. The number of unbranched alkanes of at least 4 members (excludes halogenated alkanes) is 1. The summed E-state index contributed by atoms with van der Waals surface area (Å²) in [5.74, 6) is -2.65. The molecule has 42 heavy (non-hydrogen) atoms. The van der Waals surface area contributed by atoms with Gasteiger partial charge in [0.15, 0.2) is 11.6 Å². The fraction of sp³-hybridized carbons (Fsp3) is 0.393. The minimum Gasteiger partial charge on any atom is -0.447 e. The lowest BCUT2D eigenvalue weighted by Crippen LogP contribution is -2.41.